The highest BCUT2D eigenvalue weighted by Gasteiger charge is 2.24. The molecule has 0 aromatic heterocycles. The number of nitrogens with one attached hydrogen (secondary N) is 1. The van der Waals surface area contributed by atoms with Crippen LogP contribution in [0.4, 0.5) is 0 Å². The summed E-state index contributed by atoms with van der Waals surface area (Å²) in [4.78, 5) is 7.18. The predicted octanol–water partition coefficient (Wildman–Crippen LogP) is 3.10. The van der Waals surface area contributed by atoms with Crippen LogP contribution in [0.2, 0.25) is 0 Å². The van der Waals surface area contributed by atoms with E-state index in [4.69, 9.17) is 10.3 Å². The standard InChI is InChI=1S/C18H26N4S/c1-4-20-18(22-9-10-23-17(13-22)14(2)3)21-12-16-7-5-15(11-19)6-8-16/h5-8,14,17H,4,9-10,12-13H2,1-3H3,(H,20,21). The number of aliphatic imine (C=N–C) groups is 1. The van der Waals surface area contributed by atoms with Crippen molar-refractivity contribution in [2.45, 2.75) is 32.6 Å². The Morgan fingerprint density at radius 2 is 2.17 bits per heavy atom. The van der Waals surface area contributed by atoms with Crippen molar-refractivity contribution in [1.29, 1.82) is 5.26 Å². The molecule has 1 unspecified atom stereocenters. The number of hydrogen-bond donors (Lipinski definition) is 1. The summed E-state index contributed by atoms with van der Waals surface area (Å²) in [6.07, 6.45) is 0. The predicted molar refractivity (Wildman–Crippen MR) is 98.6 cm³/mol. The molecule has 0 aliphatic carbocycles. The molecule has 1 aromatic carbocycles. The maximum absolute atomic E-state index is 8.86. The Bertz CT molecular complexity index is 559. The van der Waals surface area contributed by atoms with E-state index in [0.717, 1.165) is 36.9 Å². The second-order valence-corrected chi connectivity index (χ2v) is 7.43. The molecule has 2 rings (SSSR count). The fourth-order valence-electron chi connectivity index (χ4n) is 2.55. The van der Waals surface area contributed by atoms with Crippen LogP contribution in [0.5, 0.6) is 0 Å². The van der Waals surface area contributed by atoms with Crippen molar-refractivity contribution >= 4 is 17.7 Å². The lowest BCUT2D eigenvalue weighted by Crippen LogP contribution is -2.49. The fraction of sp³-hybridized carbons (Fsp3) is 0.556. The maximum atomic E-state index is 8.86. The minimum atomic E-state index is 0.643. The van der Waals surface area contributed by atoms with Gasteiger partial charge in [0.25, 0.3) is 0 Å². The second-order valence-electron chi connectivity index (χ2n) is 6.08. The van der Waals surface area contributed by atoms with Gasteiger partial charge in [-0.1, -0.05) is 26.0 Å². The van der Waals surface area contributed by atoms with Crippen molar-refractivity contribution in [2.75, 3.05) is 25.4 Å². The van der Waals surface area contributed by atoms with Crippen LogP contribution in [0.1, 0.15) is 31.9 Å². The number of thioether (sulfide) groups is 1. The fourth-order valence-corrected chi connectivity index (χ4v) is 3.85. The van der Waals surface area contributed by atoms with Gasteiger partial charge in [0.2, 0.25) is 0 Å². The van der Waals surface area contributed by atoms with E-state index in [-0.39, 0.29) is 0 Å². The third-order valence-corrected chi connectivity index (χ3v) is 5.51. The molecular formula is C18H26N4S. The molecule has 0 amide bonds. The lowest BCUT2D eigenvalue weighted by atomic mass is 10.1. The Morgan fingerprint density at radius 3 is 2.78 bits per heavy atom. The SMILES string of the molecule is CCNC(=NCc1ccc(C#N)cc1)N1CCSC(C(C)C)C1. The lowest BCUT2D eigenvalue weighted by Gasteiger charge is -2.36. The van der Waals surface area contributed by atoms with Crippen molar-refractivity contribution in [3.05, 3.63) is 35.4 Å². The third-order valence-electron chi connectivity index (χ3n) is 3.97. The first-order valence-corrected chi connectivity index (χ1v) is 9.32. The average molecular weight is 331 g/mol. The maximum Gasteiger partial charge on any atom is 0.194 e. The zero-order valence-electron chi connectivity index (χ0n) is 14.2. The molecule has 1 fully saturated rings. The molecule has 1 saturated heterocycles. The summed E-state index contributed by atoms with van der Waals surface area (Å²) < 4.78 is 0. The van der Waals surface area contributed by atoms with Crippen molar-refractivity contribution in [2.24, 2.45) is 10.9 Å². The summed E-state index contributed by atoms with van der Waals surface area (Å²) in [6.45, 7) is 10.3. The molecule has 1 heterocycles. The Kier molecular flexibility index (Phi) is 6.79. The van der Waals surface area contributed by atoms with Gasteiger partial charge in [-0.25, -0.2) is 4.99 Å². The molecule has 124 valence electrons. The van der Waals surface area contributed by atoms with E-state index < -0.39 is 0 Å². The largest absolute Gasteiger partial charge is 0.357 e. The van der Waals surface area contributed by atoms with E-state index in [1.807, 2.05) is 24.3 Å². The Labute approximate surface area is 144 Å². The van der Waals surface area contributed by atoms with Gasteiger partial charge in [-0.2, -0.15) is 17.0 Å². The molecule has 1 N–H and O–H groups in total. The molecular weight excluding hydrogens is 304 g/mol. The molecule has 1 aliphatic heterocycles. The highest BCUT2D eigenvalue weighted by molar-refractivity contribution is 8.00. The minimum Gasteiger partial charge on any atom is -0.357 e. The quantitative estimate of drug-likeness (QED) is 0.681. The first-order chi connectivity index (χ1) is 11.1. The van der Waals surface area contributed by atoms with Crippen molar-refractivity contribution < 1.29 is 0 Å². The summed E-state index contributed by atoms with van der Waals surface area (Å²) in [5.74, 6) is 2.84. The second kappa shape index (κ2) is 8.83. The van der Waals surface area contributed by atoms with Crippen molar-refractivity contribution in [3.8, 4) is 6.07 Å². The van der Waals surface area contributed by atoms with Crippen molar-refractivity contribution in [3.63, 3.8) is 0 Å². The molecule has 0 spiro atoms. The molecule has 1 atom stereocenters. The molecule has 1 aromatic rings. The number of nitriles is 1. The normalized spacial score (nSPS) is 18.8. The Balaban J connectivity index is 2.05. The summed E-state index contributed by atoms with van der Waals surface area (Å²) in [6, 6.07) is 9.81. The minimum absolute atomic E-state index is 0.643. The molecule has 0 radical (unpaired) electrons. The van der Waals surface area contributed by atoms with Gasteiger partial charge < -0.3 is 10.2 Å². The van der Waals surface area contributed by atoms with Crippen LogP contribution < -0.4 is 5.32 Å². The van der Waals surface area contributed by atoms with E-state index in [0.29, 0.717) is 23.3 Å². The monoisotopic (exact) mass is 330 g/mol. The van der Waals surface area contributed by atoms with Crippen LogP contribution in [0.25, 0.3) is 0 Å². The van der Waals surface area contributed by atoms with E-state index in [2.05, 4.69) is 48.8 Å². The van der Waals surface area contributed by atoms with Gasteiger partial charge in [0.05, 0.1) is 18.2 Å². The molecule has 4 nitrogen and oxygen atoms in total. The van der Waals surface area contributed by atoms with Gasteiger partial charge in [0, 0.05) is 30.6 Å². The number of benzene rings is 1. The summed E-state index contributed by atoms with van der Waals surface area (Å²) in [5, 5.41) is 12.9. The Hall–Kier alpha value is -1.67. The number of rotatable bonds is 4. The zero-order valence-corrected chi connectivity index (χ0v) is 15.1. The lowest BCUT2D eigenvalue weighted by molar-refractivity contribution is 0.381. The van der Waals surface area contributed by atoms with Crippen LogP contribution in [0.15, 0.2) is 29.3 Å². The molecule has 1 aliphatic rings. The van der Waals surface area contributed by atoms with E-state index in [1.165, 1.54) is 0 Å². The van der Waals surface area contributed by atoms with E-state index in [9.17, 15) is 0 Å². The summed E-state index contributed by atoms with van der Waals surface area (Å²) >= 11 is 2.07. The van der Waals surface area contributed by atoms with Crippen LogP contribution in [-0.2, 0) is 6.54 Å². The highest BCUT2D eigenvalue weighted by atomic mass is 32.2. The van der Waals surface area contributed by atoms with Gasteiger partial charge in [-0.3, -0.25) is 0 Å². The van der Waals surface area contributed by atoms with Crippen LogP contribution in [0.3, 0.4) is 0 Å². The number of guanidine groups is 1. The van der Waals surface area contributed by atoms with E-state index in [1.54, 1.807) is 0 Å². The van der Waals surface area contributed by atoms with Gasteiger partial charge in [0.15, 0.2) is 5.96 Å². The van der Waals surface area contributed by atoms with Gasteiger partial charge in [-0.15, -0.1) is 0 Å². The van der Waals surface area contributed by atoms with E-state index >= 15 is 0 Å². The first-order valence-electron chi connectivity index (χ1n) is 8.28. The molecule has 5 heteroatoms. The average Bonchev–Trinajstić information content (AvgIpc) is 2.59. The third kappa shape index (κ3) is 5.18. The highest BCUT2D eigenvalue weighted by Crippen LogP contribution is 2.24. The number of nitrogens with zero attached hydrogens (tertiary/aromatic N) is 3. The smallest absolute Gasteiger partial charge is 0.194 e. The summed E-state index contributed by atoms with van der Waals surface area (Å²) in [5.41, 5.74) is 1.82. The van der Waals surface area contributed by atoms with Crippen molar-refractivity contribution in [1.82, 2.24) is 10.2 Å². The van der Waals surface area contributed by atoms with Gasteiger partial charge in [0.1, 0.15) is 0 Å². The Morgan fingerprint density at radius 1 is 1.43 bits per heavy atom. The first kappa shape index (κ1) is 17.7. The van der Waals surface area contributed by atoms with Gasteiger partial charge >= 0.3 is 0 Å². The molecule has 23 heavy (non-hydrogen) atoms. The summed E-state index contributed by atoms with van der Waals surface area (Å²) in [7, 11) is 0. The van der Waals surface area contributed by atoms with Crippen LogP contribution in [0, 0.1) is 17.2 Å². The van der Waals surface area contributed by atoms with Gasteiger partial charge in [-0.05, 0) is 30.5 Å². The zero-order chi connectivity index (χ0) is 16.7. The topological polar surface area (TPSA) is 51.4 Å². The number of hydrogen-bond acceptors (Lipinski definition) is 3. The van der Waals surface area contributed by atoms with Crippen LogP contribution >= 0.6 is 11.8 Å². The molecule has 0 bridgehead atoms. The van der Waals surface area contributed by atoms with Crippen LogP contribution in [-0.4, -0.2) is 41.5 Å². The molecule has 0 saturated carbocycles.